The predicted molar refractivity (Wildman–Crippen MR) is 98.4 cm³/mol. The highest BCUT2D eigenvalue weighted by Gasteiger charge is 2.18. The molecule has 1 atom stereocenters. The zero-order valence-corrected chi connectivity index (χ0v) is 15.0. The summed E-state index contributed by atoms with van der Waals surface area (Å²) in [6.45, 7) is 1.25. The van der Waals surface area contributed by atoms with Crippen molar-refractivity contribution in [3.63, 3.8) is 0 Å². The number of carbonyl (C=O) groups is 1. The van der Waals surface area contributed by atoms with E-state index in [1.54, 1.807) is 31.4 Å². The highest BCUT2D eigenvalue weighted by Crippen LogP contribution is 2.29. The van der Waals surface area contributed by atoms with Crippen molar-refractivity contribution in [1.29, 1.82) is 0 Å². The molecule has 0 radical (unpaired) electrons. The summed E-state index contributed by atoms with van der Waals surface area (Å²) in [6.07, 6.45) is 2.17. The maximum atomic E-state index is 12.7. The normalized spacial score (nSPS) is 16.2. The third-order valence-electron chi connectivity index (χ3n) is 4.24. The van der Waals surface area contributed by atoms with E-state index in [2.05, 4.69) is 5.32 Å². The maximum Gasteiger partial charge on any atom is 0.259 e. The Morgan fingerprint density at radius 3 is 2.73 bits per heavy atom. The molecule has 1 saturated heterocycles. The molecule has 1 fully saturated rings. The van der Waals surface area contributed by atoms with Gasteiger partial charge in [-0.2, -0.15) is 0 Å². The molecule has 1 aliphatic heterocycles. The van der Waals surface area contributed by atoms with Gasteiger partial charge in [-0.15, -0.1) is 0 Å². The summed E-state index contributed by atoms with van der Waals surface area (Å²) in [6, 6.07) is 12.4. The SMILES string of the molecule is COc1ccc(C(=O)Nc2ccccc2OCC2CCCO2)c(OC)c1. The summed E-state index contributed by atoms with van der Waals surface area (Å²) in [5.74, 6) is 1.40. The van der Waals surface area contributed by atoms with Crippen molar-refractivity contribution in [2.45, 2.75) is 18.9 Å². The Labute approximate surface area is 153 Å². The van der Waals surface area contributed by atoms with Crippen LogP contribution in [-0.4, -0.2) is 39.4 Å². The van der Waals surface area contributed by atoms with Gasteiger partial charge in [-0.25, -0.2) is 0 Å². The van der Waals surface area contributed by atoms with Crippen LogP contribution in [0.4, 0.5) is 5.69 Å². The summed E-state index contributed by atoms with van der Waals surface area (Å²) in [5, 5.41) is 2.89. The third kappa shape index (κ3) is 4.26. The molecule has 138 valence electrons. The molecule has 1 amide bonds. The van der Waals surface area contributed by atoms with Gasteiger partial charge in [0.25, 0.3) is 5.91 Å². The molecule has 0 aromatic heterocycles. The topological polar surface area (TPSA) is 66.0 Å². The minimum Gasteiger partial charge on any atom is -0.497 e. The largest absolute Gasteiger partial charge is 0.497 e. The molecule has 2 aromatic carbocycles. The summed E-state index contributed by atoms with van der Waals surface area (Å²) >= 11 is 0. The first-order valence-electron chi connectivity index (χ1n) is 8.58. The average molecular weight is 357 g/mol. The van der Waals surface area contributed by atoms with Gasteiger partial charge in [-0.05, 0) is 37.1 Å². The average Bonchev–Trinajstić information content (AvgIpc) is 3.20. The van der Waals surface area contributed by atoms with Crippen LogP contribution in [0.1, 0.15) is 23.2 Å². The first kappa shape index (κ1) is 18.1. The first-order valence-corrected chi connectivity index (χ1v) is 8.58. The lowest BCUT2D eigenvalue weighted by Gasteiger charge is -2.16. The van der Waals surface area contributed by atoms with Gasteiger partial charge >= 0.3 is 0 Å². The van der Waals surface area contributed by atoms with Gasteiger partial charge in [0.15, 0.2) is 0 Å². The van der Waals surface area contributed by atoms with Crippen LogP contribution in [0.3, 0.4) is 0 Å². The van der Waals surface area contributed by atoms with Crippen LogP contribution in [-0.2, 0) is 4.74 Å². The van der Waals surface area contributed by atoms with E-state index in [-0.39, 0.29) is 12.0 Å². The number of carbonyl (C=O) groups excluding carboxylic acids is 1. The molecule has 1 aliphatic rings. The Bertz CT molecular complexity index is 756. The second-order valence-electron chi connectivity index (χ2n) is 5.96. The van der Waals surface area contributed by atoms with Gasteiger partial charge < -0.3 is 24.3 Å². The number of nitrogens with one attached hydrogen (secondary N) is 1. The van der Waals surface area contributed by atoms with Crippen LogP contribution < -0.4 is 19.5 Å². The van der Waals surface area contributed by atoms with Gasteiger partial charge in [-0.3, -0.25) is 4.79 Å². The first-order chi connectivity index (χ1) is 12.7. The van der Waals surface area contributed by atoms with Crippen molar-refractivity contribution in [2.75, 3.05) is 32.8 Å². The summed E-state index contributed by atoms with van der Waals surface area (Å²) in [7, 11) is 3.08. The Morgan fingerprint density at radius 2 is 2.00 bits per heavy atom. The number of hydrogen-bond acceptors (Lipinski definition) is 5. The van der Waals surface area contributed by atoms with Gasteiger partial charge in [0.1, 0.15) is 23.9 Å². The minimum absolute atomic E-state index is 0.112. The lowest BCUT2D eigenvalue weighted by atomic mass is 10.1. The zero-order chi connectivity index (χ0) is 18.4. The van der Waals surface area contributed by atoms with Crippen LogP contribution in [0.15, 0.2) is 42.5 Å². The van der Waals surface area contributed by atoms with Crippen molar-refractivity contribution in [2.24, 2.45) is 0 Å². The van der Waals surface area contributed by atoms with E-state index < -0.39 is 0 Å². The van der Waals surface area contributed by atoms with Gasteiger partial charge in [0, 0.05) is 12.7 Å². The molecule has 3 rings (SSSR count). The van der Waals surface area contributed by atoms with Gasteiger partial charge in [-0.1, -0.05) is 12.1 Å². The quantitative estimate of drug-likeness (QED) is 0.821. The van der Waals surface area contributed by atoms with Crippen molar-refractivity contribution in [1.82, 2.24) is 0 Å². The van der Waals surface area contributed by atoms with Crippen molar-refractivity contribution in [3.05, 3.63) is 48.0 Å². The molecule has 0 saturated carbocycles. The lowest BCUT2D eigenvalue weighted by Crippen LogP contribution is -2.18. The number of benzene rings is 2. The fourth-order valence-corrected chi connectivity index (χ4v) is 2.83. The highest BCUT2D eigenvalue weighted by molar-refractivity contribution is 6.07. The number of ether oxygens (including phenoxy) is 4. The van der Waals surface area contributed by atoms with E-state index in [0.717, 1.165) is 19.4 Å². The number of hydrogen-bond donors (Lipinski definition) is 1. The van der Waals surface area contributed by atoms with Crippen LogP contribution >= 0.6 is 0 Å². The predicted octanol–water partition coefficient (Wildman–Crippen LogP) is 3.51. The number of methoxy groups -OCH3 is 2. The Balaban J connectivity index is 1.73. The van der Waals surface area contributed by atoms with Crippen LogP contribution in [0, 0.1) is 0 Å². The Morgan fingerprint density at radius 1 is 1.15 bits per heavy atom. The van der Waals surface area contributed by atoms with Crippen molar-refractivity contribution in [3.8, 4) is 17.2 Å². The van der Waals surface area contributed by atoms with Crippen molar-refractivity contribution < 1.29 is 23.7 Å². The summed E-state index contributed by atoms with van der Waals surface area (Å²) < 4.78 is 21.9. The smallest absolute Gasteiger partial charge is 0.259 e. The molecular weight excluding hydrogens is 334 g/mol. The lowest BCUT2D eigenvalue weighted by molar-refractivity contribution is 0.0682. The second-order valence-corrected chi connectivity index (χ2v) is 5.96. The molecule has 1 unspecified atom stereocenters. The van der Waals surface area contributed by atoms with Crippen LogP contribution in [0.2, 0.25) is 0 Å². The van der Waals surface area contributed by atoms with Crippen LogP contribution in [0.25, 0.3) is 0 Å². The number of amides is 1. The second kappa shape index (κ2) is 8.58. The number of rotatable bonds is 7. The summed E-state index contributed by atoms with van der Waals surface area (Å²) in [5.41, 5.74) is 1.02. The Kier molecular flexibility index (Phi) is 5.96. The maximum absolute atomic E-state index is 12.7. The molecular formula is C20H23NO5. The minimum atomic E-state index is -0.280. The fraction of sp³-hybridized carbons (Fsp3) is 0.350. The third-order valence-corrected chi connectivity index (χ3v) is 4.24. The van der Waals surface area contributed by atoms with Gasteiger partial charge in [0.05, 0.1) is 31.6 Å². The molecule has 1 heterocycles. The highest BCUT2D eigenvalue weighted by atomic mass is 16.5. The van der Waals surface area contributed by atoms with Crippen LogP contribution in [0.5, 0.6) is 17.2 Å². The monoisotopic (exact) mass is 357 g/mol. The molecule has 6 nitrogen and oxygen atoms in total. The molecule has 26 heavy (non-hydrogen) atoms. The van der Waals surface area contributed by atoms with E-state index >= 15 is 0 Å². The van der Waals surface area contributed by atoms with Gasteiger partial charge in [0.2, 0.25) is 0 Å². The number of para-hydroxylation sites is 2. The standard InChI is InChI=1S/C20H23NO5/c1-23-14-9-10-16(19(12-14)24-2)20(22)21-17-7-3-4-8-18(17)26-13-15-6-5-11-25-15/h3-4,7-10,12,15H,5-6,11,13H2,1-2H3,(H,21,22). The van der Waals surface area contributed by atoms with Crippen molar-refractivity contribution >= 4 is 11.6 Å². The molecule has 0 bridgehead atoms. The molecule has 0 aliphatic carbocycles. The summed E-state index contributed by atoms with van der Waals surface area (Å²) in [4.78, 5) is 12.7. The van der Waals surface area contributed by atoms with E-state index in [1.165, 1.54) is 7.11 Å². The van der Waals surface area contributed by atoms with E-state index in [9.17, 15) is 4.79 Å². The fourth-order valence-electron chi connectivity index (χ4n) is 2.83. The molecule has 0 spiro atoms. The molecule has 6 heteroatoms. The molecule has 2 aromatic rings. The number of anilines is 1. The Hall–Kier alpha value is -2.73. The van der Waals surface area contributed by atoms with E-state index in [4.69, 9.17) is 18.9 Å². The molecule has 1 N–H and O–H groups in total. The van der Waals surface area contributed by atoms with E-state index in [0.29, 0.717) is 35.1 Å². The zero-order valence-electron chi connectivity index (χ0n) is 15.0. The van der Waals surface area contributed by atoms with E-state index in [1.807, 2.05) is 18.2 Å².